The van der Waals surface area contributed by atoms with E-state index in [2.05, 4.69) is 0 Å². The number of aliphatic hydroxyl groups excluding tert-OH is 1. The van der Waals surface area contributed by atoms with Crippen LogP contribution in [0.5, 0.6) is 0 Å². The second kappa shape index (κ2) is 7.25. The molecular weight excluding hydrogens is 364 g/mol. The summed E-state index contributed by atoms with van der Waals surface area (Å²) in [5, 5.41) is 20.1. The molecule has 0 aromatic carbocycles. The van der Waals surface area contributed by atoms with E-state index < -0.39 is 17.9 Å². The molecule has 0 aliphatic heterocycles. The maximum Gasteiger partial charge on any atom is 0.250 e. The molecule has 2 aromatic heterocycles. The van der Waals surface area contributed by atoms with Crippen molar-refractivity contribution < 1.29 is 23.8 Å². The van der Waals surface area contributed by atoms with E-state index in [9.17, 15) is 23.8 Å². The highest BCUT2D eigenvalue weighted by atomic mass is 35.5. The molecule has 4 nitrogen and oxygen atoms in total. The third-order valence-electron chi connectivity index (χ3n) is 5.08. The topological polar surface area (TPSA) is 61.9 Å². The molecule has 2 aromatic rings. The van der Waals surface area contributed by atoms with E-state index in [0.717, 1.165) is 5.69 Å². The Morgan fingerprint density at radius 2 is 2.12 bits per heavy atom. The summed E-state index contributed by atoms with van der Waals surface area (Å²) in [7, 11) is 0. The van der Waals surface area contributed by atoms with Gasteiger partial charge in [-0.2, -0.15) is 0 Å². The number of halogens is 3. The maximum atomic E-state index is 13.6. The van der Waals surface area contributed by atoms with Gasteiger partial charge in [-0.15, -0.1) is 0 Å². The van der Waals surface area contributed by atoms with Crippen molar-refractivity contribution >= 4 is 22.9 Å². The standard InChI is InChI=1S/C19H22ClF2NO3/c20-15-3-1-9-23-13(5-10-24)11-14(17(15)23)16(25)4-8-18(26)6-2-7-19(21,22)12-18/h1,3,9,11,24,26H,2,4-8,10,12H2. The zero-order valence-corrected chi connectivity index (χ0v) is 15.1. The first-order valence-electron chi connectivity index (χ1n) is 8.77. The summed E-state index contributed by atoms with van der Waals surface area (Å²) in [6, 6.07) is 5.10. The summed E-state index contributed by atoms with van der Waals surface area (Å²) in [4.78, 5) is 12.7. The van der Waals surface area contributed by atoms with Gasteiger partial charge in [-0.3, -0.25) is 4.79 Å². The molecule has 1 aliphatic rings. The van der Waals surface area contributed by atoms with Crippen LogP contribution >= 0.6 is 11.6 Å². The van der Waals surface area contributed by atoms with E-state index >= 15 is 0 Å². The number of ketones is 1. The van der Waals surface area contributed by atoms with E-state index in [1.54, 1.807) is 28.8 Å². The number of alkyl halides is 2. The number of aromatic nitrogens is 1. The summed E-state index contributed by atoms with van der Waals surface area (Å²) >= 11 is 6.25. The number of fused-ring (bicyclic) bond motifs is 1. The third kappa shape index (κ3) is 3.92. The van der Waals surface area contributed by atoms with E-state index in [1.807, 2.05) is 0 Å². The Morgan fingerprint density at radius 1 is 1.35 bits per heavy atom. The SMILES string of the molecule is O=C(CCC1(O)CCCC(F)(F)C1)c1cc(CCO)n2cccc(Cl)c12. The lowest BCUT2D eigenvalue weighted by atomic mass is 9.79. The van der Waals surface area contributed by atoms with E-state index in [-0.39, 0.29) is 44.5 Å². The van der Waals surface area contributed by atoms with E-state index in [4.69, 9.17) is 11.6 Å². The lowest BCUT2D eigenvalue weighted by Crippen LogP contribution is -2.41. The molecule has 0 spiro atoms. The Morgan fingerprint density at radius 3 is 2.81 bits per heavy atom. The van der Waals surface area contributed by atoms with Gasteiger partial charge >= 0.3 is 0 Å². The predicted molar refractivity (Wildman–Crippen MR) is 95.1 cm³/mol. The number of pyridine rings is 1. The average molecular weight is 386 g/mol. The first-order chi connectivity index (χ1) is 12.2. The summed E-state index contributed by atoms with van der Waals surface area (Å²) in [5.74, 6) is -3.13. The van der Waals surface area contributed by atoms with Crippen LogP contribution in [0.2, 0.25) is 5.02 Å². The Hall–Kier alpha value is -1.50. The lowest BCUT2D eigenvalue weighted by Gasteiger charge is -2.36. The van der Waals surface area contributed by atoms with Gasteiger partial charge in [-0.05, 0) is 37.5 Å². The zero-order valence-electron chi connectivity index (χ0n) is 14.4. The molecule has 2 heterocycles. The monoisotopic (exact) mass is 385 g/mol. The molecule has 0 amide bonds. The number of Topliss-reactive ketones (excluding diaryl/α,β-unsaturated/α-hetero) is 1. The smallest absolute Gasteiger partial charge is 0.250 e. The van der Waals surface area contributed by atoms with Crippen LogP contribution in [0, 0.1) is 0 Å². The second-order valence-corrected chi connectivity index (χ2v) is 7.54. The quantitative estimate of drug-likeness (QED) is 0.738. The third-order valence-corrected chi connectivity index (χ3v) is 5.38. The Balaban J connectivity index is 1.82. The summed E-state index contributed by atoms with van der Waals surface area (Å²) in [6.07, 6.45) is 1.81. The van der Waals surface area contributed by atoms with Crippen molar-refractivity contribution in [3.05, 3.63) is 40.7 Å². The molecule has 1 unspecified atom stereocenters. The highest BCUT2D eigenvalue weighted by molar-refractivity contribution is 6.35. The van der Waals surface area contributed by atoms with Gasteiger partial charge in [-0.25, -0.2) is 8.78 Å². The van der Waals surface area contributed by atoms with Crippen molar-refractivity contribution in [3.8, 4) is 0 Å². The minimum absolute atomic E-state index is 0.00144. The van der Waals surface area contributed by atoms with Crippen LogP contribution in [0.1, 0.15) is 54.6 Å². The highest BCUT2D eigenvalue weighted by Gasteiger charge is 2.44. The predicted octanol–water partition coefficient (Wildman–Crippen LogP) is 4.03. The highest BCUT2D eigenvalue weighted by Crippen LogP contribution is 2.41. The normalized spacial score (nSPS) is 22.7. The van der Waals surface area contributed by atoms with Gasteiger partial charge in [0.15, 0.2) is 5.78 Å². The molecule has 0 radical (unpaired) electrons. The summed E-state index contributed by atoms with van der Waals surface area (Å²) in [6.45, 7) is -0.0684. The molecule has 142 valence electrons. The van der Waals surface area contributed by atoms with Crippen LogP contribution in [0.4, 0.5) is 8.78 Å². The fourth-order valence-electron chi connectivity index (χ4n) is 3.83. The largest absolute Gasteiger partial charge is 0.396 e. The second-order valence-electron chi connectivity index (χ2n) is 7.13. The number of nitrogens with zero attached hydrogens (tertiary/aromatic N) is 1. The maximum absolute atomic E-state index is 13.6. The minimum Gasteiger partial charge on any atom is -0.396 e. The number of aliphatic hydroxyl groups is 2. The molecular formula is C19H22ClF2NO3. The first-order valence-corrected chi connectivity index (χ1v) is 9.15. The first kappa shape index (κ1) is 19.3. The van der Waals surface area contributed by atoms with Gasteiger partial charge in [0, 0.05) is 49.7 Å². The van der Waals surface area contributed by atoms with Crippen LogP contribution in [-0.4, -0.2) is 38.5 Å². The average Bonchev–Trinajstić information content (AvgIpc) is 2.92. The van der Waals surface area contributed by atoms with Crippen LogP contribution in [0.25, 0.3) is 5.52 Å². The lowest BCUT2D eigenvalue weighted by molar-refractivity contribution is -0.126. The van der Waals surface area contributed by atoms with Crippen molar-refractivity contribution in [2.45, 2.75) is 56.5 Å². The van der Waals surface area contributed by atoms with Crippen molar-refractivity contribution in [2.75, 3.05) is 6.61 Å². The van der Waals surface area contributed by atoms with Crippen LogP contribution < -0.4 is 0 Å². The summed E-state index contributed by atoms with van der Waals surface area (Å²) in [5.41, 5.74) is 0.176. The van der Waals surface area contributed by atoms with Crippen molar-refractivity contribution in [3.63, 3.8) is 0 Å². The molecule has 1 fully saturated rings. The van der Waals surface area contributed by atoms with Crippen molar-refractivity contribution in [1.82, 2.24) is 4.40 Å². The molecule has 3 rings (SSSR count). The summed E-state index contributed by atoms with van der Waals surface area (Å²) < 4.78 is 29.0. The van der Waals surface area contributed by atoms with Gasteiger partial charge in [-0.1, -0.05) is 11.6 Å². The number of carbonyl (C=O) groups excluding carboxylic acids is 1. The van der Waals surface area contributed by atoms with Crippen molar-refractivity contribution in [1.29, 1.82) is 0 Å². The molecule has 26 heavy (non-hydrogen) atoms. The molecule has 2 N–H and O–H groups in total. The van der Waals surface area contributed by atoms with Gasteiger partial charge in [0.1, 0.15) is 0 Å². The van der Waals surface area contributed by atoms with E-state index in [0.29, 0.717) is 22.5 Å². The minimum atomic E-state index is -2.88. The molecule has 1 saturated carbocycles. The fourth-order valence-corrected chi connectivity index (χ4v) is 4.10. The molecule has 0 bridgehead atoms. The molecule has 0 saturated heterocycles. The molecule has 1 atom stereocenters. The Labute approximate surface area is 155 Å². The zero-order chi connectivity index (χ0) is 18.9. The van der Waals surface area contributed by atoms with Crippen molar-refractivity contribution in [2.24, 2.45) is 0 Å². The molecule has 7 heteroatoms. The van der Waals surface area contributed by atoms with Crippen LogP contribution in [0.15, 0.2) is 24.4 Å². The number of hydrogen-bond acceptors (Lipinski definition) is 3. The molecule has 1 aliphatic carbocycles. The number of rotatable bonds is 6. The Kier molecular flexibility index (Phi) is 5.37. The fraction of sp³-hybridized carbons (Fsp3) is 0.526. The Bertz CT molecular complexity index is 820. The van der Waals surface area contributed by atoms with Gasteiger partial charge < -0.3 is 14.6 Å². The van der Waals surface area contributed by atoms with E-state index in [1.165, 1.54) is 0 Å². The van der Waals surface area contributed by atoms with Gasteiger partial charge in [0.2, 0.25) is 0 Å². The van der Waals surface area contributed by atoms with Gasteiger partial charge in [0.05, 0.1) is 16.1 Å². The van der Waals surface area contributed by atoms with Crippen LogP contribution in [-0.2, 0) is 6.42 Å². The van der Waals surface area contributed by atoms with Gasteiger partial charge in [0.25, 0.3) is 5.92 Å². The number of hydrogen-bond donors (Lipinski definition) is 2. The number of carbonyl (C=O) groups is 1. The van der Waals surface area contributed by atoms with Crippen LogP contribution in [0.3, 0.4) is 0 Å².